The van der Waals surface area contributed by atoms with Gasteiger partial charge in [-0.2, -0.15) is 0 Å². The van der Waals surface area contributed by atoms with Crippen LogP contribution in [0.15, 0.2) is 11.6 Å². The van der Waals surface area contributed by atoms with Crippen molar-refractivity contribution in [3.63, 3.8) is 0 Å². The Bertz CT molecular complexity index is 586. The van der Waals surface area contributed by atoms with Crippen LogP contribution in [-0.4, -0.2) is 70.6 Å². The molecule has 0 aromatic rings. The van der Waals surface area contributed by atoms with Crippen molar-refractivity contribution in [2.45, 2.75) is 57.5 Å². The minimum atomic E-state index is -1.72. The molecule has 7 heteroatoms. The standard InChI is InChI=1S/C18H27NO6/c1-4-11-7-10(2)18(3,23)17(22)24-9-12-13(20)8-19-6-5-14(15(12)19)25-16(11)21/h4,10,12-15,20,23H,5-9H2,1-3H3/b11-4-/t10-,12+,13-,14-,15+,18+/m1/s1. The Morgan fingerprint density at radius 2 is 2.08 bits per heavy atom. The second-order valence-electron chi connectivity index (χ2n) is 7.61. The third kappa shape index (κ3) is 3.20. The summed E-state index contributed by atoms with van der Waals surface area (Å²) in [4.78, 5) is 27.1. The van der Waals surface area contributed by atoms with Crippen LogP contribution in [-0.2, 0) is 19.1 Å². The predicted molar refractivity (Wildman–Crippen MR) is 88.5 cm³/mol. The number of hydrogen-bond acceptors (Lipinski definition) is 7. The lowest BCUT2D eigenvalue weighted by atomic mass is 9.85. The summed E-state index contributed by atoms with van der Waals surface area (Å²) in [5, 5.41) is 20.9. The summed E-state index contributed by atoms with van der Waals surface area (Å²) in [6.45, 7) is 6.07. The maximum absolute atomic E-state index is 12.6. The molecule has 3 heterocycles. The van der Waals surface area contributed by atoms with Gasteiger partial charge in [-0.05, 0) is 32.6 Å². The van der Waals surface area contributed by atoms with Crippen LogP contribution in [0, 0.1) is 11.8 Å². The second kappa shape index (κ2) is 6.70. The van der Waals surface area contributed by atoms with Crippen LogP contribution in [0.1, 0.15) is 33.6 Å². The summed E-state index contributed by atoms with van der Waals surface area (Å²) in [5.41, 5.74) is -1.28. The van der Waals surface area contributed by atoms with Crippen LogP contribution in [0.4, 0.5) is 0 Å². The molecule has 25 heavy (non-hydrogen) atoms. The van der Waals surface area contributed by atoms with Gasteiger partial charge < -0.3 is 19.7 Å². The zero-order chi connectivity index (χ0) is 18.4. The number of rotatable bonds is 0. The SMILES string of the molecule is C/C=C1/C[C@@H](C)[C@](C)(O)C(=O)OC[C@@H]2[C@H]3[C@@H](CCN3C[C@H]2O)OC1=O. The molecule has 0 aliphatic carbocycles. The fourth-order valence-corrected chi connectivity index (χ4v) is 4.13. The number of ether oxygens (including phenoxy) is 2. The number of allylic oxidation sites excluding steroid dienone is 1. The van der Waals surface area contributed by atoms with E-state index in [1.54, 1.807) is 19.9 Å². The molecule has 3 rings (SSSR count). The van der Waals surface area contributed by atoms with Crippen molar-refractivity contribution in [3.05, 3.63) is 11.6 Å². The molecule has 0 saturated carbocycles. The van der Waals surface area contributed by atoms with Gasteiger partial charge in [0.25, 0.3) is 0 Å². The molecule has 0 spiro atoms. The maximum atomic E-state index is 12.6. The lowest BCUT2D eigenvalue weighted by Crippen LogP contribution is -2.47. The van der Waals surface area contributed by atoms with Crippen molar-refractivity contribution in [2.75, 3.05) is 19.7 Å². The molecule has 0 bridgehead atoms. The van der Waals surface area contributed by atoms with Crippen molar-refractivity contribution >= 4 is 11.9 Å². The number of aliphatic hydroxyl groups excluding tert-OH is 1. The molecule has 6 atom stereocenters. The van der Waals surface area contributed by atoms with E-state index in [0.29, 0.717) is 18.5 Å². The minimum Gasteiger partial charge on any atom is -0.463 e. The Balaban J connectivity index is 1.91. The minimum absolute atomic E-state index is 0.00849. The van der Waals surface area contributed by atoms with Crippen LogP contribution in [0.5, 0.6) is 0 Å². The Morgan fingerprint density at radius 3 is 2.76 bits per heavy atom. The zero-order valence-corrected chi connectivity index (χ0v) is 15.0. The van der Waals surface area contributed by atoms with E-state index in [-0.39, 0.29) is 31.1 Å². The molecule has 0 aromatic carbocycles. The number of aliphatic hydroxyl groups is 2. The number of hydrogen-bond donors (Lipinski definition) is 2. The summed E-state index contributed by atoms with van der Waals surface area (Å²) in [6.07, 6.45) is 1.63. The lowest BCUT2D eigenvalue weighted by molar-refractivity contribution is -0.173. The Hall–Kier alpha value is -1.44. The van der Waals surface area contributed by atoms with Crippen molar-refractivity contribution < 1.29 is 29.3 Å². The van der Waals surface area contributed by atoms with Crippen molar-refractivity contribution in [3.8, 4) is 0 Å². The molecule has 0 amide bonds. The van der Waals surface area contributed by atoms with E-state index in [2.05, 4.69) is 4.90 Å². The normalized spacial score (nSPS) is 44.7. The largest absolute Gasteiger partial charge is 0.463 e. The fourth-order valence-electron chi connectivity index (χ4n) is 4.13. The first-order valence-electron chi connectivity index (χ1n) is 8.93. The van der Waals surface area contributed by atoms with Gasteiger partial charge in [-0.15, -0.1) is 0 Å². The Labute approximate surface area is 147 Å². The zero-order valence-electron chi connectivity index (χ0n) is 15.0. The van der Waals surface area contributed by atoms with Crippen molar-refractivity contribution in [1.29, 1.82) is 0 Å². The molecular formula is C18H27NO6. The quantitative estimate of drug-likeness (QED) is 0.476. The molecule has 140 valence electrons. The van der Waals surface area contributed by atoms with E-state index < -0.39 is 29.6 Å². The molecule has 0 unspecified atom stereocenters. The molecule has 3 aliphatic heterocycles. The van der Waals surface area contributed by atoms with Gasteiger partial charge in [0.2, 0.25) is 0 Å². The Kier molecular flexibility index (Phi) is 4.92. The summed E-state index contributed by atoms with van der Waals surface area (Å²) in [7, 11) is 0. The monoisotopic (exact) mass is 353 g/mol. The van der Waals surface area contributed by atoms with Crippen LogP contribution in [0.2, 0.25) is 0 Å². The lowest BCUT2D eigenvalue weighted by Gasteiger charge is -2.32. The van der Waals surface area contributed by atoms with Crippen LogP contribution < -0.4 is 0 Å². The Morgan fingerprint density at radius 1 is 1.36 bits per heavy atom. The molecule has 3 fully saturated rings. The number of carbonyl (C=O) groups excluding carboxylic acids is 2. The third-order valence-corrected chi connectivity index (χ3v) is 6.03. The van der Waals surface area contributed by atoms with Gasteiger partial charge in [-0.25, -0.2) is 9.59 Å². The van der Waals surface area contributed by atoms with E-state index >= 15 is 0 Å². The molecule has 0 radical (unpaired) electrons. The predicted octanol–water partition coefficient (Wildman–Crippen LogP) is 0.243. The summed E-state index contributed by atoms with van der Waals surface area (Å²) >= 11 is 0. The average molecular weight is 353 g/mol. The molecule has 2 N–H and O–H groups in total. The fraction of sp³-hybridized carbons (Fsp3) is 0.778. The van der Waals surface area contributed by atoms with E-state index in [9.17, 15) is 19.8 Å². The van der Waals surface area contributed by atoms with Gasteiger partial charge in [0.15, 0.2) is 5.60 Å². The highest BCUT2D eigenvalue weighted by atomic mass is 16.6. The third-order valence-electron chi connectivity index (χ3n) is 6.03. The molecular weight excluding hydrogens is 326 g/mol. The number of cyclic esters (lactones) is 1. The van der Waals surface area contributed by atoms with Gasteiger partial charge in [-0.3, -0.25) is 4.90 Å². The van der Waals surface area contributed by atoms with Crippen LogP contribution in [0.3, 0.4) is 0 Å². The van der Waals surface area contributed by atoms with E-state index in [4.69, 9.17) is 9.47 Å². The first-order chi connectivity index (χ1) is 11.8. The summed E-state index contributed by atoms with van der Waals surface area (Å²) in [6, 6.07) is -0.161. The molecule has 3 aliphatic rings. The van der Waals surface area contributed by atoms with Gasteiger partial charge in [-0.1, -0.05) is 13.0 Å². The van der Waals surface area contributed by atoms with E-state index in [0.717, 1.165) is 6.54 Å². The summed E-state index contributed by atoms with van der Waals surface area (Å²) < 4.78 is 11.1. The van der Waals surface area contributed by atoms with Crippen molar-refractivity contribution in [2.24, 2.45) is 11.8 Å². The molecule has 0 aromatic heterocycles. The highest BCUT2D eigenvalue weighted by Gasteiger charge is 2.51. The molecule has 3 saturated heterocycles. The van der Waals surface area contributed by atoms with Gasteiger partial charge >= 0.3 is 11.9 Å². The van der Waals surface area contributed by atoms with E-state index in [1.807, 2.05) is 0 Å². The van der Waals surface area contributed by atoms with Crippen LogP contribution in [0.25, 0.3) is 0 Å². The average Bonchev–Trinajstić information content (AvgIpc) is 3.08. The highest BCUT2D eigenvalue weighted by Crippen LogP contribution is 2.37. The van der Waals surface area contributed by atoms with E-state index in [1.165, 1.54) is 6.92 Å². The number of esters is 2. The second-order valence-corrected chi connectivity index (χ2v) is 7.61. The first-order valence-corrected chi connectivity index (χ1v) is 8.93. The van der Waals surface area contributed by atoms with Gasteiger partial charge in [0.1, 0.15) is 6.10 Å². The first kappa shape index (κ1) is 18.4. The van der Waals surface area contributed by atoms with Crippen molar-refractivity contribution in [1.82, 2.24) is 4.90 Å². The number of nitrogens with zero attached hydrogens (tertiary/aromatic N) is 1. The van der Waals surface area contributed by atoms with Gasteiger partial charge in [0.05, 0.1) is 18.8 Å². The smallest absolute Gasteiger partial charge is 0.338 e. The topological polar surface area (TPSA) is 96.3 Å². The maximum Gasteiger partial charge on any atom is 0.338 e. The van der Waals surface area contributed by atoms with Crippen LogP contribution >= 0.6 is 0 Å². The molecule has 7 nitrogen and oxygen atoms in total. The summed E-state index contributed by atoms with van der Waals surface area (Å²) in [5.74, 6) is -1.97. The highest BCUT2D eigenvalue weighted by molar-refractivity contribution is 5.89. The van der Waals surface area contributed by atoms with Gasteiger partial charge in [0, 0.05) is 24.6 Å². The number of carbonyl (C=O) groups is 2.